The van der Waals surface area contributed by atoms with Crippen molar-refractivity contribution >= 4 is 24.0 Å². The van der Waals surface area contributed by atoms with Crippen molar-refractivity contribution in [2.24, 2.45) is 0 Å². The molecule has 8 heteroatoms. The minimum absolute atomic E-state index is 0.120. The Labute approximate surface area is 178 Å². The number of imide groups is 1. The summed E-state index contributed by atoms with van der Waals surface area (Å²) >= 11 is 0. The summed E-state index contributed by atoms with van der Waals surface area (Å²) in [6.45, 7) is 0.270. The molecule has 3 amide bonds. The van der Waals surface area contributed by atoms with Crippen LogP contribution < -0.4 is 10.1 Å². The van der Waals surface area contributed by atoms with E-state index in [9.17, 15) is 24.4 Å². The Morgan fingerprint density at radius 1 is 1.16 bits per heavy atom. The van der Waals surface area contributed by atoms with Crippen LogP contribution in [-0.2, 0) is 22.7 Å². The van der Waals surface area contributed by atoms with Crippen LogP contribution in [0.1, 0.15) is 56.7 Å². The van der Waals surface area contributed by atoms with Crippen molar-refractivity contribution in [1.29, 1.82) is 5.26 Å². The van der Waals surface area contributed by atoms with E-state index in [0.29, 0.717) is 40.8 Å². The second kappa shape index (κ2) is 8.40. The van der Waals surface area contributed by atoms with Crippen LogP contribution in [0.2, 0.25) is 0 Å². The van der Waals surface area contributed by atoms with E-state index in [0.717, 1.165) is 11.8 Å². The highest BCUT2D eigenvalue weighted by atomic mass is 16.5. The molecular formula is C23H19N3O5. The largest absolute Gasteiger partial charge is 0.487 e. The van der Waals surface area contributed by atoms with Crippen LogP contribution in [0.25, 0.3) is 0 Å². The van der Waals surface area contributed by atoms with Gasteiger partial charge in [-0.1, -0.05) is 24.3 Å². The number of aldehydes is 1. The van der Waals surface area contributed by atoms with Crippen LogP contribution in [0.3, 0.4) is 0 Å². The monoisotopic (exact) mass is 417 g/mol. The van der Waals surface area contributed by atoms with Crippen molar-refractivity contribution in [3.05, 3.63) is 64.2 Å². The van der Waals surface area contributed by atoms with E-state index in [2.05, 4.69) is 11.4 Å². The van der Waals surface area contributed by atoms with Gasteiger partial charge < -0.3 is 9.64 Å². The van der Waals surface area contributed by atoms with Crippen LogP contribution in [0.5, 0.6) is 5.75 Å². The summed E-state index contributed by atoms with van der Waals surface area (Å²) in [4.78, 5) is 49.4. The van der Waals surface area contributed by atoms with Gasteiger partial charge in [-0.2, -0.15) is 5.26 Å². The summed E-state index contributed by atoms with van der Waals surface area (Å²) in [6.07, 6.45) is 1.89. The first-order valence-corrected chi connectivity index (χ1v) is 9.89. The number of rotatable bonds is 5. The van der Waals surface area contributed by atoms with Crippen LogP contribution in [0.4, 0.5) is 0 Å². The number of carbonyl (C=O) groups excluding carboxylic acids is 4. The number of hydrogen-bond acceptors (Lipinski definition) is 6. The second-order valence-corrected chi connectivity index (χ2v) is 7.48. The third-order valence-electron chi connectivity index (χ3n) is 5.52. The van der Waals surface area contributed by atoms with Crippen LogP contribution >= 0.6 is 0 Å². The molecule has 0 aromatic heterocycles. The fourth-order valence-electron chi connectivity index (χ4n) is 3.90. The molecule has 1 fully saturated rings. The fourth-order valence-corrected chi connectivity index (χ4v) is 3.90. The van der Waals surface area contributed by atoms with Crippen LogP contribution in [0, 0.1) is 11.3 Å². The fraction of sp³-hybridized carbons (Fsp3) is 0.261. The molecule has 1 atom stereocenters. The van der Waals surface area contributed by atoms with Gasteiger partial charge in [0.25, 0.3) is 5.91 Å². The number of carbonyl (C=O) groups is 4. The first kappa shape index (κ1) is 20.3. The van der Waals surface area contributed by atoms with Gasteiger partial charge in [-0.25, -0.2) is 0 Å². The molecule has 1 saturated heterocycles. The Bertz CT molecular complexity index is 1120. The molecule has 0 spiro atoms. The van der Waals surface area contributed by atoms with Gasteiger partial charge >= 0.3 is 0 Å². The van der Waals surface area contributed by atoms with E-state index in [1.165, 1.54) is 11.0 Å². The minimum atomic E-state index is -0.749. The lowest BCUT2D eigenvalue weighted by Gasteiger charge is -2.24. The number of nitrogens with one attached hydrogen (secondary N) is 1. The molecule has 2 aliphatic rings. The van der Waals surface area contributed by atoms with Gasteiger partial charge in [-0.3, -0.25) is 24.5 Å². The smallest absolute Gasteiger partial charge is 0.255 e. The highest BCUT2D eigenvalue weighted by Crippen LogP contribution is 2.36. The number of amides is 3. The third kappa shape index (κ3) is 3.90. The van der Waals surface area contributed by atoms with E-state index >= 15 is 0 Å². The summed E-state index contributed by atoms with van der Waals surface area (Å²) in [5.74, 6) is -0.843. The summed E-state index contributed by atoms with van der Waals surface area (Å²) < 4.78 is 5.94. The molecule has 2 aromatic carbocycles. The molecule has 0 radical (unpaired) electrons. The van der Waals surface area contributed by atoms with Crippen LogP contribution in [0.15, 0.2) is 36.4 Å². The predicted octanol–water partition coefficient (Wildman–Crippen LogP) is 2.10. The van der Waals surface area contributed by atoms with Gasteiger partial charge in [0.2, 0.25) is 11.8 Å². The molecule has 31 heavy (non-hydrogen) atoms. The molecule has 2 aliphatic heterocycles. The maximum atomic E-state index is 13.0. The molecule has 0 unspecified atom stereocenters. The number of nitriles is 1. The summed E-state index contributed by atoms with van der Waals surface area (Å²) in [7, 11) is 0. The van der Waals surface area contributed by atoms with Crippen molar-refractivity contribution in [2.75, 3.05) is 0 Å². The van der Waals surface area contributed by atoms with Gasteiger partial charge in [-0.15, -0.1) is 0 Å². The van der Waals surface area contributed by atoms with Crippen molar-refractivity contribution in [1.82, 2.24) is 10.2 Å². The number of benzene rings is 2. The highest BCUT2D eigenvalue weighted by Gasteiger charge is 2.39. The maximum Gasteiger partial charge on any atom is 0.255 e. The standard InChI is InChI=1S/C23H19N3O5/c24-10-16-8-9-17-18(21(16)31-13-15-6-4-14(12-27)5-7-15)11-26(23(17)30)19-2-1-3-20(28)25-22(19)29/h4-9,12,19H,1-3,11,13H2,(H,25,28,29)/t19-/m0/s1. The summed E-state index contributed by atoms with van der Waals surface area (Å²) in [5, 5.41) is 11.9. The molecule has 2 heterocycles. The average Bonchev–Trinajstić information content (AvgIpc) is 3.01. The topological polar surface area (TPSA) is 117 Å². The van der Waals surface area contributed by atoms with E-state index in [1.807, 2.05) is 0 Å². The van der Waals surface area contributed by atoms with Gasteiger partial charge in [0.15, 0.2) is 0 Å². The number of fused-ring (bicyclic) bond motifs is 1. The molecule has 8 nitrogen and oxygen atoms in total. The van der Waals surface area contributed by atoms with Gasteiger partial charge in [-0.05, 0) is 30.5 Å². The number of ether oxygens (including phenoxy) is 1. The zero-order chi connectivity index (χ0) is 22.0. The summed E-state index contributed by atoms with van der Waals surface area (Å²) in [6, 6.07) is 11.3. The molecule has 0 saturated carbocycles. The zero-order valence-corrected chi connectivity index (χ0v) is 16.6. The Morgan fingerprint density at radius 2 is 1.94 bits per heavy atom. The van der Waals surface area contributed by atoms with Crippen molar-refractivity contribution in [3.63, 3.8) is 0 Å². The van der Waals surface area contributed by atoms with E-state index in [1.54, 1.807) is 30.3 Å². The lowest BCUT2D eigenvalue weighted by Crippen LogP contribution is -2.46. The Kier molecular flexibility index (Phi) is 5.50. The molecule has 0 aliphatic carbocycles. The lowest BCUT2D eigenvalue weighted by molar-refractivity contribution is -0.132. The summed E-state index contributed by atoms with van der Waals surface area (Å²) in [5.41, 5.74) is 2.57. The van der Waals surface area contributed by atoms with E-state index < -0.39 is 11.9 Å². The van der Waals surface area contributed by atoms with Crippen molar-refractivity contribution in [3.8, 4) is 11.8 Å². The Morgan fingerprint density at radius 3 is 2.65 bits per heavy atom. The number of hydrogen-bond donors (Lipinski definition) is 1. The molecular weight excluding hydrogens is 398 g/mol. The molecule has 1 N–H and O–H groups in total. The van der Waals surface area contributed by atoms with Gasteiger partial charge in [0.1, 0.15) is 30.8 Å². The molecule has 0 bridgehead atoms. The maximum absolute atomic E-state index is 13.0. The highest BCUT2D eigenvalue weighted by molar-refractivity contribution is 6.04. The predicted molar refractivity (Wildman–Crippen MR) is 108 cm³/mol. The van der Waals surface area contributed by atoms with Crippen LogP contribution in [-0.4, -0.2) is 34.9 Å². The normalized spacial score (nSPS) is 18.1. The average molecular weight is 417 g/mol. The van der Waals surface area contributed by atoms with Gasteiger partial charge in [0, 0.05) is 23.1 Å². The lowest BCUT2D eigenvalue weighted by atomic mass is 10.0. The zero-order valence-electron chi connectivity index (χ0n) is 16.6. The number of nitrogens with zero attached hydrogens (tertiary/aromatic N) is 2. The Balaban J connectivity index is 1.61. The minimum Gasteiger partial charge on any atom is -0.487 e. The van der Waals surface area contributed by atoms with E-state index in [-0.39, 0.29) is 31.4 Å². The molecule has 4 rings (SSSR count). The third-order valence-corrected chi connectivity index (χ3v) is 5.52. The van der Waals surface area contributed by atoms with Gasteiger partial charge in [0.05, 0.1) is 12.1 Å². The van der Waals surface area contributed by atoms with Crippen molar-refractivity contribution < 1.29 is 23.9 Å². The van der Waals surface area contributed by atoms with Crippen molar-refractivity contribution in [2.45, 2.75) is 38.5 Å². The first-order valence-electron chi connectivity index (χ1n) is 9.89. The molecule has 156 valence electrons. The molecule has 2 aromatic rings. The Hall–Kier alpha value is -3.99. The quantitative estimate of drug-likeness (QED) is 0.588. The van der Waals surface area contributed by atoms with E-state index in [4.69, 9.17) is 4.74 Å². The SMILES string of the molecule is N#Cc1ccc2c(c1OCc1ccc(C=O)cc1)CN([C@H]1CCCC(=O)NC1=O)C2=O. The second-order valence-electron chi connectivity index (χ2n) is 7.48. The first-order chi connectivity index (χ1) is 15.0.